The number of H-pyrrole nitrogens is 1. The van der Waals surface area contributed by atoms with E-state index < -0.39 is 0 Å². The van der Waals surface area contributed by atoms with Crippen molar-refractivity contribution >= 4 is 5.95 Å². The number of hydrazine groups is 1. The predicted molar refractivity (Wildman–Crippen MR) is 46.3 cm³/mol. The zero-order valence-electron chi connectivity index (χ0n) is 7.12. The lowest BCUT2D eigenvalue weighted by Crippen LogP contribution is -2.33. The number of aryl methyl sites for hydroxylation is 1. The van der Waals surface area contributed by atoms with Crippen LogP contribution in [0.4, 0.5) is 5.95 Å². The summed E-state index contributed by atoms with van der Waals surface area (Å²) in [6.07, 6.45) is 0.837. The van der Waals surface area contributed by atoms with E-state index in [0.29, 0.717) is 19.0 Å². The molecular formula is C6H14N6. The second-order valence-electron chi connectivity index (χ2n) is 2.56. The highest BCUT2D eigenvalue weighted by molar-refractivity contribution is 5.24. The largest absolute Gasteiger partial charge is 0.330 e. The molecule has 6 heteroatoms. The van der Waals surface area contributed by atoms with Crippen LogP contribution in [-0.2, 0) is 0 Å². The fraction of sp³-hybridized carbons (Fsp3) is 0.667. The van der Waals surface area contributed by atoms with E-state index in [1.165, 1.54) is 5.01 Å². The Kier molecular flexibility index (Phi) is 3.01. The van der Waals surface area contributed by atoms with E-state index in [9.17, 15) is 0 Å². The highest BCUT2D eigenvalue weighted by Gasteiger charge is 2.04. The van der Waals surface area contributed by atoms with E-state index in [-0.39, 0.29) is 0 Å². The van der Waals surface area contributed by atoms with Crippen LogP contribution in [0.5, 0.6) is 0 Å². The second-order valence-corrected chi connectivity index (χ2v) is 2.56. The third kappa shape index (κ3) is 2.18. The molecule has 0 amide bonds. The van der Waals surface area contributed by atoms with Gasteiger partial charge in [-0.1, -0.05) is 0 Å². The SMILES string of the molecule is Cc1nc(N(N)CCCN)n[nH]1. The Morgan fingerprint density at radius 2 is 2.33 bits per heavy atom. The molecular weight excluding hydrogens is 156 g/mol. The fourth-order valence-corrected chi connectivity index (χ4v) is 0.821. The molecule has 5 N–H and O–H groups in total. The van der Waals surface area contributed by atoms with Gasteiger partial charge in [0.15, 0.2) is 0 Å². The molecule has 1 rings (SSSR count). The zero-order chi connectivity index (χ0) is 8.97. The van der Waals surface area contributed by atoms with Gasteiger partial charge in [-0.05, 0) is 19.9 Å². The van der Waals surface area contributed by atoms with Crippen LogP contribution in [0, 0.1) is 6.92 Å². The van der Waals surface area contributed by atoms with Crippen molar-refractivity contribution in [2.75, 3.05) is 18.1 Å². The highest BCUT2D eigenvalue weighted by Crippen LogP contribution is 2.01. The van der Waals surface area contributed by atoms with Crippen molar-refractivity contribution in [3.63, 3.8) is 0 Å². The Hall–Kier alpha value is -1.14. The Morgan fingerprint density at radius 3 is 2.83 bits per heavy atom. The first-order chi connectivity index (χ1) is 5.74. The zero-order valence-corrected chi connectivity index (χ0v) is 7.12. The van der Waals surface area contributed by atoms with E-state index in [1.807, 2.05) is 6.92 Å². The van der Waals surface area contributed by atoms with E-state index >= 15 is 0 Å². The topological polar surface area (TPSA) is 96.8 Å². The number of nitrogens with one attached hydrogen (secondary N) is 1. The maximum Gasteiger partial charge on any atom is 0.258 e. The maximum atomic E-state index is 5.63. The van der Waals surface area contributed by atoms with Gasteiger partial charge in [-0.25, -0.2) is 5.84 Å². The van der Waals surface area contributed by atoms with E-state index in [0.717, 1.165) is 12.2 Å². The monoisotopic (exact) mass is 170 g/mol. The van der Waals surface area contributed by atoms with Gasteiger partial charge in [0.2, 0.25) is 0 Å². The standard InChI is InChI=1S/C6H14N6/c1-5-9-6(11-10-5)12(8)4-2-3-7/h2-4,7-8H2,1H3,(H,9,10,11). The molecule has 0 unspecified atom stereocenters. The molecule has 0 saturated heterocycles. The molecule has 68 valence electrons. The van der Waals surface area contributed by atoms with E-state index in [2.05, 4.69) is 15.2 Å². The Bertz CT molecular complexity index is 232. The van der Waals surface area contributed by atoms with Crippen molar-refractivity contribution in [3.8, 4) is 0 Å². The summed E-state index contributed by atoms with van der Waals surface area (Å²) in [5, 5.41) is 8.09. The molecule has 0 bridgehead atoms. The molecule has 0 spiro atoms. The number of nitrogens with two attached hydrogens (primary N) is 2. The Labute approximate surface area is 70.9 Å². The molecule has 0 aliphatic carbocycles. The van der Waals surface area contributed by atoms with Gasteiger partial charge in [-0.3, -0.25) is 10.1 Å². The first kappa shape index (κ1) is 8.95. The molecule has 0 radical (unpaired) electrons. The van der Waals surface area contributed by atoms with Crippen LogP contribution in [0.25, 0.3) is 0 Å². The average molecular weight is 170 g/mol. The second kappa shape index (κ2) is 4.03. The lowest BCUT2D eigenvalue weighted by Gasteiger charge is -2.12. The van der Waals surface area contributed by atoms with Gasteiger partial charge in [0.05, 0.1) is 0 Å². The molecule has 1 heterocycles. The quantitative estimate of drug-likeness (QED) is 0.403. The molecule has 6 nitrogen and oxygen atoms in total. The molecule has 0 saturated carbocycles. The van der Waals surface area contributed by atoms with Crippen molar-refractivity contribution in [3.05, 3.63) is 5.82 Å². The van der Waals surface area contributed by atoms with Crippen LogP contribution in [0.1, 0.15) is 12.2 Å². The van der Waals surface area contributed by atoms with Crippen LogP contribution >= 0.6 is 0 Å². The van der Waals surface area contributed by atoms with E-state index in [4.69, 9.17) is 11.6 Å². The number of nitrogens with zero attached hydrogens (tertiary/aromatic N) is 3. The maximum absolute atomic E-state index is 5.63. The summed E-state index contributed by atoms with van der Waals surface area (Å²) in [4.78, 5) is 4.06. The molecule has 1 aromatic heterocycles. The number of aromatic amines is 1. The van der Waals surface area contributed by atoms with Gasteiger partial charge >= 0.3 is 0 Å². The highest BCUT2D eigenvalue weighted by atomic mass is 15.5. The van der Waals surface area contributed by atoms with Gasteiger partial charge in [-0.15, -0.1) is 5.10 Å². The van der Waals surface area contributed by atoms with Crippen LogP contribution in [0.3, 0.4) is 0 Å². The van der Waals surface area contributed by atoms with Crippen LogP contribution < -0.4 is 16.6 Å². The smallest absolute Gasteiger partial charge is 0.258 e. The van der Waals surface area contributed by atoms with Crippen LogP contribution in [0.2, 0.25) is 0 Å². The number of aromatic nitrogens is 3. The number of hydrogen-bond donors (Lipinski definition) is 3. The molecule has 0 aliphatic heterocycles. The molecule has 0 aromatic carbocycles. The third-order valence-electron chi connectivity index (χ3n) is 1.45. The lowest BCUT2D eigenvalue weighted by molar-refractivity contribution is 0.742. The summed E-state index contributed by atoms with van der Waals surface area (Å²) in [6.45, 7) is 3.12. The average Bonchev–Trinajstić information content (AvgIpc) is 2.47. The predicted octanol–water partition coefficient (Wildman–Crippen LogP) is -0.858. The normalized spacial score (nSPS) is 10.2. The number of anilines is 1. The van der Waals surface area contributed by atoms with Crippen molar-refractivity contribution < 1.29 is 0 Å². The van der Waals surface area contributed by atoms with Gasteiger partial charge in [0.25, 0.3) is 5.95 Å². The third-order valence-corrected chi connectivity index (χ3v) is 1.45. The van der Waals surface area contributed by atoms with Gasteiger partial charge < -0.3 is 5.73 Å². The molecule has 0 aliphatic rings. The number of rotatable bonds is 4. The molecule has 0 fully saturated rings. The van der Waals surface area contributed by atoms with E-state index in [1.54, 1.807) is 0 Å². The van der Waals surface area contributed by atoms with Crippen LogP contribution in [-0.4, -0.2) is 28.3 Å². The summed E-state index contributed by atoms with van der Waals surface area (Å²) >= 11 is 0. The van der Waals surface area contributed by atoms with Crippen molar-refractivity contribution in [2.45, 2.75) is 13.3 Å². The van der Waals surface area contributed by atoms with Gasteiger partial charge in [0.1, 0.15) is 5.82 Å². The van der Waals surface area contributed by atoms with Gasteiger partial charge in [-0.2, -0.15) is 4.98 Å². The Balaban J connectivity index is 2.47. The minimum absolute atomic E-state index is 0.515. The molecule has 0 atom stereocenters. The van der Waals surface area contributed by atoms with Crippen molar-refractivity contribution in [1.29, 1.82) is 0 Å². The summed E-state index contributed by atoms with van der Waals surface area (Å²) in [7, 11) is 0. The molecule has 12 heavy (non-hydrogen) atoms. The minimum atomic E-state index is 0.515. The Morgan fingerprint density at radius 1 is 1.58 bits per heavy atom. The summed E-state index contributed by atoms with van der Waals surface area (Å²) in [6, 6.07) is 0. The summed E-state index contributed by atoms with van der Waals surface area (Å²) in [5.74, 6) is 6.90. The summed E-state index contributed by atoms with van der Waals surface area (Å²) < 4.78 is 0. The first-order valence-corrected chi connectivity index (χ1v) is 3.85. The number of hydrogen-bond acceptors (Lipinski definition) is 5. The first-order valence-electron chi connectivity index (χ1n) is 3.85. The summed E-state index contributed by atoms with van der Waals surface area (Å²) in [5.41, 5.74) is 5.33. The molecule has 1 aromatic rings. The minimum Gasteiger partial charge on any atom is -0.330 e. The van der Waals surface area contributed by atoms with Gasteiger partial charge in [0, 0.05) is 6.54 Å². The van der Waals surface area contributed by atoms with Crippen molar-refractivity contribution in [2.24, 2.45) is 11.6 Å². The lowest BCUT2D eigenvalue weighted by atomic mass is 10.4. The fourth-order valence-electron chi connectivity index (χ4n) is 0.821. The van der Waals surface area contributed by atoms with Crippen LogP contribution in [0.15, 0.2) is 0 Å². The van der Waals surface area contributed by atoms with Crippen molar-refractivity contribution in [1.82, 2.24) is 15.2 Å².